The summed E-state index contributed by atoms with van der Waals surface area (Å²) >= 11 is 0. The van der Waals surface area contributed by atoms with Gasteiger partial charge in [-0.3, -0.25) is 4.79 Å². The molecule has 2 unspecified atom stereocenters. The highest BCUT2D eigenvalue weighted by atomic mass is 16.1. The van der Waals surface area contributed by atoms with Crippen molar-refractivity contribution in [3.8, 4) is 12.3 Å². The molecule has 1 aromatic rings. The average Bonchev–Trinajstić information content (AvgIpc) is 2.40. The highest BCUT2D eigenvalue weighted by molar-refractivity contribution is 5.83. The van der Waals surface area contributed by atoms with E-state index in [-0.39, 0.29) is 17.9 Å². The fraction of sp³-hybridized carbons (Fsp3) is 0.438. The van der Waals surface area contributed by atoms with Crippen molar-refractivity contribution in [3.05, 3.63) is 35.9 Å². The first-order chi connectivity index (χ1) is 8.72. The van der Waals surface area contributed by atoms with Crippen molar-refractivity contribution in [2.45, 2.75) is 45.1 Å². The molecule has 0 aliphatic heterocycles. The van der Waals surface area contributed by atoms with E-state index >= 15 is 0 Å². The number of rotatable bonds is 6. The van der Waals surface area contributed by atoms with Crippen molar-refractivity contribution < 1.29 is 4.79 Å². The third-order valence-electron chi connectivity index (χ3n) is 3.13. The molecule has 0 saturated carbocycles. The standard InChI is InChI=1S/C16H21NO/c1-4-10-14(5-2)17-16(18)15(6-3)13-11-8-7-9-12-13/h1,7-9,11-12,14-15H,5-6,10H2,2-3H3,(H,17,18). The van der Waals surface area contributed by atoms with E-state index in [9.17, 15) is 4.79 Å². The zero-order valence-electron chi connectivity index (χ0n) is 11.1. The molecule has 1 N–H and O–H groups in total. The van der Waals surface area contributed by atoms with Gasteiger partial charge < -0.3 is 5.32 Å². The maximum absolute atomic E-state index is 12.2. The van der Waals surface area contributed by atoms with Crippen LogP contribution in [-0.2, 0) is 4.79 Å². The van der Waals surface area contributed by atoms with E-state index < -0.39 is 0 Å². The van der Waals surface area contributed by atoms with E-state index in [0.29, 0.717) is 6.42 Å². The van der Waals surface area contributed by atoms with Crippen molar-refractivity contribution in [2.75, 3.05) is 0 Å². The summed E-state index contributed by atoms with van der Waals surface area (Å²) < 4.78 is 0. The quantitative estimate of drug-likeness (QED) is 0.764. The summed E-state index contributed by atoms with van der Waals surface area (Å²) in [5.74, 6) is 2.60. The molecule has 0 aliphatic rings. The molecule has 2 nitrogen and oxygen atoms in total. The van der Waals surface area contributed by atoms with Crippen LogP contribution in [0.2, 0.25) is 0 Å². The Bertz CT molecular complexity index is 405. The molecular formula is C16H21NO. The summed E-state index contributed by atoms with van der Waals surface area (Å²) in [7, 11) is 0. The van der Waals surface area contributed by atoms with Gasteiger partial charge in [0.25, 0.3) is 0 Å². The molecule has 0 spiro atoms. The molecule has 2 atom stereocenters. The van der Waals surface area contributed by atoms with Crippen LogP contribution in [0.1, 0.15) is 44.6 Å². The van der Waals surface area contributed by atoms with Gasteiger partial charge in [-0.25, -0.2) is 0 Å². The lowest BCUT2D eigenvalue weighted by Gasteiger charge is -2.20. The molecular weight excluding hydrogens is 222 g/mol. The summed E-state index contributed by atoms with van der Waals surface area (Å²) in [6.07, 6.45) is 7.55. The number of nitrogens with one attached hydrogen (secondary N) is 1. The van der Waals surface area contributed by atoms with Crippen LogP contribution >= 0.6 is 0 Å². The van der Waals surface area contributed by atoms with E-state index in [1.807, 2.05) is 44.2 Å². The minimum Gasteiger partial charge on any atom is -0.352 e. The highest BCUT2D eigenvalue weighted by Gasteiger charge is 2.20. The minimum atomic E-state index is -0.0852. The third kappa shape index (κ3) is 3.92. The van der Waals surface area contributed by atoms with Gasteiger partial charge in [-0.1, -0.05) is 44.2 Å². The predicted molar refractivity (Wildman–Crippen MR) is 75.1 cm³/mol. The van der Waals surface area contributed by atoms with Gasteiger partial charge in [0.05, 0.1) is 5.92 Å². The van der Waals surface area contributed by atoms with E-state index in [2.05, 4.69) is 11.2 Å². The number of hydrogen-bond acceptors (Lipinski definition) is 1. The molecule has 0 fully saturated rings. The lowest BCUT2D eigenvalue weighted by atomic mass is 9.95. The van der Waals surface area contributed by atoms with Crippen molar-refractivity contribution in [2.24, 2.45) is 0 Å². The first-order valence-electron chi connectivity index (χ1n) is 6.51. The number of terminal acetylenes is 1. The Balaban J connectivity index is 2.72. The van der Waals surface area contributed by atoms with Crippen LogP contribution in [0.4, 0.5) is 0 Å². The lowest BCUT2D eigenvalue weighted by molar-refractivity contribution is -0.123. The van der Waals surface area contributed by atoms with Gasteiger partial charge in [0.15, 0.2) is 0 Å². The van der Waals surface area contributed by atoms with Gasteiger partial charge >= 0.3 is 0 Å². The largest absolute Gasteiger partial charge is 0.352 e. The van der Waals surface area contributed by atoms with Gasteiger partial charge in [0.1, 0.15) is 0 Å². The second-order valence-corrected chi connectivity index (χ2v) is 4.39. The van der Waals surface area contributed by atoms with Crippen LogP contribution < -0.4 is 5.32 Å². The van der Waals surface area contributed by atoms with Crippen molar-refractivity contribution in [1.29, 1.82) is 0 Å². The Hall–Kier alpha value is -1.75. The Morgan fingerprint density at radius 2 is 1.94 bits per heavy atom. The van der Waals surface area contributed by atoms with Crippen LogP contribution in [0, 0.1) is 12.3 Å². The fourth-order valence-corrected chi connectivity index (χ4v) is 2.00. The fourth-order valence-electron chi connectivity index (χ4n) is 2.00. The van der Waals surface area contributed by atoms with Gasteiger partial charge in [-0.15, -0.1) is 12.3 Å². The maximum Gasteiger partial charge on any atom is 0.227 e. The molecule has 96 valence electrons. The highest BCUT2D eigenvalue weighted by Crippen LogP contribution is 2.19. The van der Waals surface area contributed by atoms with Crippen LogP contribution in [-0.4, -0.2) is 11.9 Å². The molecule has 0 radical (unpaired) electrons. The van der Waals surface area contributed by atoms with Gasteiger partial charge in [0.2, 0.25) is 5.91 Å². The Labute approximate surface area is 110 Å². The Morgan fingerprint density at radius 3 is 2.44 bits per heavy atom. The first-order valence-corrected chi connectivity index (χ1v) is 6.51. The molecule has 18 heavy (non-hydrogen) atoms. The van der Waals surface area contributed by atoms with Crippen molar-refractivity contribution in [3.63, 3.8) is 0 Å². The Kier molecular flexibility index (Phi) is 6.00. The SMILES string of the molecule is C#CCC(CC)NC(=O)C(CC)c1ccccc1. The predicted octanol–water partition coefficient (Wildman–Crippen LogP) is 3.10. The van der Waals surface area contributed by atoms with Crippen LogP contribution in [0.15, 0.2) is 30.3 Å². The van der Waals surface area contributed by atoms with Gasteiger partial charge in [0, 0.05) is 12.5 Å². The Morgan fingerprint density at radius 1 is 1.28 bits per heavy atom. The number of hydrogen-bond donors (Lipinski definition) is 1. The number of carbonyl (C=O) groups is 1. The molecule has 1 amide bonds. The van der Waals surface area contributed by atoms with Gasteiger partial charge in [-0.2, -0.15) is 0 Å². The topological polar surface area (TPSA) is 29.1 Å². The molecule has 0 aliphatic carbocycles. The molecule has 1 aromatic carbocycles. The zero-order valence-corrected chi connectivity index (χ0v) is 11.1. The summed E-state index contributed by atoms with van der Waals surface area (Å²) in [6.45, 7) is 4.06. The van der Waals surface area contributed by atoms with Crippen LogP contribution in [0.25, 0.3) is 0 Å². The average molecular weight is 243 g/mol. The van der Waals surface area contributed by atoms with E-state index in [1.54, 1.807) is 0 Å². The lowest BCUT2D eigenvalue weighted by Crippen LogP contribution is -2.37. The van der Waals surface area contributed by atoms with E-state index in [1.165, 1.54) is 0 Å². The molecule has 0 aromatic heterocycles. The zero-order chi connectivity index (χ0) is 13.4. The summed E-state index contributed by atoms with van der Waals surface area (Å²) in [5, 5.41) is 3.04. The summed E-state index contributed by atoms with van der Waals surface area (Å²) in [6, 6.07) is 9.96. The second kappa shape index (κ2) is 7.55. The van der Waals surface area contributed by atoms with Crippen LogP contribution in [0.3, 0.4) is 0 Å². The van der Waals surface area contributed by atoms with Crippen molar-refractivity contribution in [1.82, 2.24) is 5.32 Å². The number of carbonyl (C=O) groups excluding carboxylic acids is 1. The monoisotopic (exact) mass is 243 g/mol. The normalized spacial score (nSPS) is 13.4. The van der Waals surface area contributed by atoms with E-state index in [4.69, 9.17) is 6.42 Å². The minimum absolute atomic E-state index is 0.0748. The third-order valence-corrected chi connectivity index (χ3v) is 3.13. The number of amides is 1. The molecule has 0 heterocycles. The number of benzene rings is 1. The smallest absolute Gasteiger partial charge is 0.227 e. The molecule has 2 heteroatoms. The van der Waals surface area contributed by atoms with Gasteiger partial charge in [-0.05, 0) is 18.4 Å². The summed E-state index contributed by atoms with van der Waals surface area (Å²) in [5.41, 5.74) is 1.06. The van der Waals surface area contributed by atoms with Crippen molar-refractivity contribution >= 4 is 5.91 Å². The second-order valence-electron chi connectivity index (χ2n) is 4.39. The first kappa shape index (κ1) is 14.3. The maximum atomic E-state index is 12.2. The molecule has 0 saturated heterocycles. The molecule has 1 rings (SSSR count). The van der Waals surface area contributed by atoms with Crippen LogP contribution in [0.5, 0.6) is 0 Å². The molecule has 0 bridgehead atoms. The summed E-state index contributed by atoms with van der Waals surface area (Å²) in [4.78, 5) is 12.2. The van der Waals surface area contributed by atoms with E-state index in [0.717, 1.165) is 18.4 Å².